The molecule has 0 saturated heterocycles. The molecule has 0 aromatic carbocycles. The minimum absolute atomic E-state index is 0.0763. The van der Waals surface area contributed by atoms with Crippen LogP contribution in [0.2, 0.25) is 0 Å². The van der Waals surface area contributed by atoms with Crippen molar-refractivity contribution >= 4 is 11.9 Å². The summed E-state index contributed by atoms with van der Waals surface area (Å²) >= 11 is 0. The molecule has 0 aromatic heterocycles. The number of hydrogen-bond donors (Lipinski definition) is 3. The van der Waals surface area contributed by atoms with E-state index in [0.717, 1.165) is 70.6 Å². The molecular formula is C56H105NO5. The van der Waals surface area contributed by atoms with Crippen LogP contribution in [0.4, 0.5) is 0 Å². The quantitative estimate of drug-likeness (QED) is 0.0321. The van der Waals surface area contributed by atoms with Crippen molar-refractivity contribution in [3.05, 3.63) is 36.5 Å². The zero-order chi connectivity index (χ0) is 45.2. The molecule has 3 atom stereocenters. The SMILES string of the molecule is CCCCC/C=C\C/C=C\C/C=C\CCCCCCCCC(=O)OC(CCCCCCCCCCCCCCCC)CC(=O)NC(CO)C(O)CCCCCCCCCCCC. The molecule has 3 N–H and O–H groups in total. The summed E-state index contributed by atoms with van der Waals surface area (Å²) in [5.74, 6) is -0.475. The lowest BCUT2D eigenvalue weighted by Gasteiger charge is -2.24. The lowest BCUT2D eigenvalue weighted by molar-refractivity contribution is -0.151. The summed E-state index contributed by atoms with van der Waals surface area (Å²) in [6.45, 7) is 6.46. The fourth-order valence-electron chi connectivity index (χ4n) is 8.32. The van der Waals surface area contributed by atoms with Crippen molar-refractivity contribution in [1.82, 2.24) is 5.32 Å². The monoisotopic (exact) mass is 872 g/mol. The molecule has 3 unspecified atom stereocenters. The number of carbonyl (C=O) groups is 2. The van der Waals surface area contributed by atoms with Crippen molar-refractivity contribution in [2.75, 3.05) is 6.61 Å². The summed E-state index contributed by atoms with van der Waals surface area (Å²) in [6, 6.07) is -0.700. The van der Waals surface area contributed by atoms with Gasteiger partial charge in [-0.25, -0.2) is 0 Å². The van der Waals surface area contributed by atoms with Gasteiger partial charge in [0.05, 0.1) is 25.2 Å². The minimum Gasteiger partial charge on any atom is -0.462 e. The summed E-state index contributed by atoms with van der Waals surface area (Å²) in [6.07, 6.45) is 59.2. The van der Waals surface area contributed by atoms with E-state index < -0.39 is 18.2 Å². The van der Waals surface area contributed by atoms with E-state index in [2.05, 4.69) is 62.5 Å². The molecule has 0 heterocycles. The first-order chi connectivity index (χ1) is 30.5. The predicted octanol–water partition coefficient (Wildman–Crippen LogP) is 16.5. The van der Waals surface area contributed by atoms with Crippen LogP contribution in [0, 0.1) is 0 Å². The van der Waals surface area contributed by atoms with Gasteiger partial charge in [0, 0.05) is 6.42 Å². The van der Waals surface area contributed by atoms with E-state index in [1.165, 1.54) is 167 Å². The maximum Gasteiger partial charge on any atom is 0.306 e. The van der Waals surface area contributed by atoms with Crippen LogP contribution in [0.15, 0.2) is 36.5 Å². The van der Waals surface area contributed by atoms with Gasteiger partial charge in [-0.2, -0.15) is 0 Å². The summed E-state index contributed by atoms with van der Waals surface area (Å²) in [5.41, 5.74) is 0. The Hall–Kier alpha value is -1.92. The third kappa shape index (κ3) is 44.7. The summed E-state index contributed by atoms with van der Waals surface area (Å²) in [7, 11) is 0. The number of allylic oxidation sites excluding steroid dienone is 6. The Labute approximate surface area is 385 Å². The van der Waals surface area contributed by atoms with Crippen molar-refractivity contribution in [1.29, 1.82) is 0 Å². The highest BCUT2D eigenvalue weighted by molar-refractivity contribution is 5.77. The summed E-state index contributed by atoms with van der Waals surface area (Å²) in [5, 5.41) is 23.7. The molecule has 6 nitrogen and oxygen atoms in total. The van der Waals surface area contributed by atoms with Crippen LogP contribution in [0.5, 0.6) is 0 Å². The topological polar surface area (TPSA) is 95.9 Å². The van der Waals surface area contributed by atoms with Gasteiger partial charge in [-0.1, -0.05) is 243 Å². The number of rotatable bonds is 49. The second-order valence-corrected chi connectivity index (χ2v) is 18.6. The Kier molecular flexibility index (Phi) is 48.5. The van der Waals surface area contributed by atoms with Crippen LogP contribution in [0.25, 0.3) is 0 Å². The van der Waals surface area contributed by atoms with Crippen molar-refractivity contribution in [3.63, 3.8) is 0 Å². The zero-order valence-corrected chi connectivity index (χ0v) is 41.5. The molecule has 0 aliphatic carbocycles. The van der Waals surface area contributed by atoms with Gasteiger partial charge in [0.15, 0.2) is 0 Å². The van der Waals surface area contributed by atoms with E-state index in [4.69, 9.17) is 4.74 Å². The molecule has 0 aromatic rings. The Morgan fingerprint density at radius 2 is 0.823 bits per heavy atom. The molecule has 0 aliphatic rings. The number of esters is 1. The van der Waals surface area contributed by atoms with Crippen molar-refractivity contribution in [3.8, 4) is 0 Å². The number of unbranched alkanes of at least 4 members (excludes halogenated alkanes) is 31. The van der Waals surface area contributed by atoms with E-state index in [-0.39, 0.29) is 24.9 Å². The third-order valence-electron chi connectivity index (χ3n) is 12.5. The van der Waals surface area contributed by atoms with Gasteiger partial charge < -0.3 is 20.3 Å². The number of aliphatic hydroxyl groups is 2. The molecule has 62 heavy (non-hydrogen) atoms. The highest BCUT2D eigenvalue weighted by Gasteiger charge is 2.24. The molecule has 0 fully saturated rings. The van der Waals surface area contributed by atoms with Gasteiger partial charge in [-0.15, -0.1) is 0 Å². The van der Waals surface area contributed by atoms with Gasteiger partial charge in [0.2, 0.25) is 5.91 Å². The smallest absolute Gasteiger partial charge is 0.306 e. The summed E-state index contributed by atoms with van der Waals surface area (Å²) < 4.78 is 5.95. The average Bonchev–Trinajstić information content (AvgIpc) is 3.26. The Bertz CT molecular complexity index is 1020. The molecule has 364 valence electrons. The van der Waals surface area contributed by atoms with Gasteiger partial charge in [0.1, 0.15) is 6.10 Å². The molecule has 0 rings (SSSR count). The van der Waals surface area contributed by atoms with Crippen molar-refractivity contribution < 1.29 is 24.5 Å². The second-order valence-electron chi connectivity index (χ2n) is 18.6. The lowest BCUT2D eigenvalue weighted by atomic mass is 10.0. The molecule has 0 radical (unpaired) electrons. The van der Waals surface area contributed by atoms with Gasteiger partial charge in [-0.05, 0) is 64.2 Å². The number of ether oxygens (including phenoxy) is 1. The molecule has 1 amide bonds. The van der Waals surface area contributed by atoms with Gasteiger partial charge in [0.25, 0.3) is 0 Å². The van der Waals surface area contributed by atoms with Crippen molar-refractivity contribution in [2.24, 2.45) is 0 Å². The lowest BCUT2D eigenvalue weighted by Crippen LogP contribution is -2.46. The zero-order valence-electron chi connectivity index (χ0n) is 41.5. The number of aliphatic hydroxyl groups excluding tert-OH is 2. The second kappa shape index (κ2) is 50.1. The van der Waals surface area contributed by atoms with Crippen LogP contribution in [-0.2, 0) is 14.3 Å². The first-order valence-electron chi connectivity index (χ1n) is 27.2. The Balaban J connectivity index is 4.54. The maximum atomic E-state index is 13.2. The molecule has 6 heteroatoms. The van der Waals surface area contributed by atoms with E-state index in [1.807, 2.05) is 0 Å². The van der Waals surface area contributed by atoms with E-state index in [1.54, 1.807) is 0 Å². The number of carbonyl (C=O) groups excluding carboxylic acids is 2. The van der Waals surface area contributed by atoms with E-state index in [9.17, 15) is 19.8 Å². The molecule has 0 spiro atoms. The highest BCUT2D eigenvalue weighted by Crippen LogP contribution is 2.18. The Morgan fingerprint density at radius 3 is 1.27 bits per heavy atom. The maximum absolute atomic E-state index is 13.2. The van der Waals surface area contributed by atoms with Crippen molar-refractivity contribution in [2.45, 2.75) is 302 Å². The van der Waals surface area contributed by atoms with E-state index in [0.29, 0.717) is 19.3 Å². The normalized spacial score (nSPS) is 13.4. The number of hydrogen-bond acceptors (Lipinski definition) is 5. The van der Waals surface area contributed by atoms with Crippen LogP contribution in [0.1, 0.15) is 284 Å². The largest absolute Gasteiger partial charge is 0.462 e. The van der Waals surface area contributed by atoms with Crippen LogP contribution in [-0.4, -0.2) is 46.9 Å². The van der Waals surface area contributed by atoms with Gasteiger partial charge in [-0.3, -0.25) is 9.59 Å². The first-order valence-corrected chi connectivity index (χ1v) is 27.2. The summed E-state index contributed by atoms with van der Waals surface area (Å²) in [4.78, 5) is 26.2. The number of nitrogens with one attached hydrogen (secondary N) is 1. The van der Waals surface area contributed by atoms with Gasteiger partial charge >= 0.3 is 5.97 Å². The first kappa shape index (κ1) is 60.1. The highest BCUT2D eigenvalue weighted by atomic mass is 16.5. The Morgan fingerprint density at radius 1 is 0.468 bits per heavy atom. The van der Waals surface area contributed by atoms with Crippen LogP contribution < -0.4 is 5.32 Å². The minimum atomic E-state index is -0.786. The molecule has 0 aliphatic heterocycles. The average molecular weight is 872 g/mol. The fraction of sp³-hybridized carbons (Fsp3) is 0.857. The molecule has 0 saturated carbocycles. The number of amides is 1. The standard InChI is InChI=1S/C56H105NO5/c1-4-7-10-13-16-19-22-24-26-27-28-29-30-32-34-37-40-43-46-49-56(61)62-52(47-44-41-38-35-33-31-25-23-20-17-14-11-8-5-2)50-55(60)57-53(51-58)54(59)48-45-42-39-36-21-18-15-12-9-6-3/h16,19,24,26,28-29,52-54,58-59H,4-15,17-18,20-23,25,27,30-51H2,1-3H3,(H,57,60)/b19-16-,26-24-,29-28-. The molecule has 0 bridgehead atoms. The van der Waals surface area contributed by atoms with Crippen LogP contribution in [0.3, 0.4) is 0 Å². The third-order valence-corrected chi connectivity index (χ3v) is 12.5. The predicted molar refractivity (Wildman–Crippen MR) is 269 cm³/mol. The molecular weight excluding hydrogens is 767 g/mol. The van der Waals surface area contributed by atoms with Crippen LogP contribution >= 0.6 is 0 Å². The van der Waals surface area contributed by atoms with E-state index >= 15 is 0 Å². The fourth-order valence-corrected chi connectivity index (χ4v) is 8.32.